The number of para-hydroxylation sites is 2. The van der Waals surface area contributed by atoms with Crippen LogP contribution in [0.5, 0.6) is 40.2 Å². The maximum Gasteiger partial charge on any atom is 0.526 e. The zero-order valence-electron chi connectivity index (χ0n) is 63.9. The molecule has 0 radical (unpaired) electrons. The number of carboxylic acid groups (broad SMARTS) is 2. The van der Waals surface area contributed by atoms with E-state index in [1.165, 1.54) is 70.5 Å². The summed E-state index contributed by atoms with van der Waals surface area (Å²) in [4.78, 5) is 166. The lowest BCUT2D eigenvalue weighted by molar-refractivity contribution is -0.153. The largest absolute Gasteiger partial charge is 0.535 e. The summed E-state index contributed by atoms with van der Waals surface area (Å²) in [5.41, 5.74) is 9.70. The molecule has 4 atom stereocenters. The highest BCUT2D eigenvalue weighted by Crippen LogP contribution is 2.41. The van der Waals surface area contributed by atoms with Crippen LogP contribution in [-0.4, -0.2) is 221 Å². The quantitative estimate of drug-likeness (QED) is 0.0111. The number of carbonyl (C=O) groups excluding carboxylic acids is 11. The number of imide groups is 2. The van der Waals surface area contributed by atoms with Gasteiger partial charge >= 0.3 is 74.1 Å². The standard InChI is InChI=1S/C35H37BN4O12.C27H31BN4O10.C18H19NO4/c1-2-39-14-15-40(32(44)31(39)43)34(47)38-29(27(42)19-24-17-23-9-6-10-25(33(45)46)30(23)52-36(24)49)22-11-12-26(41)28(18-22)50-16-13-37-35(48)51-20-21-7-4-3-5-8-21;1-2-31-9-10-32(25(36)24(31)35)27(39)30-22(15-6-7-19(33)21(13-15)41-11-8-29)20(34)14-17-12-16-4-3-5-18(26(37)38)23(16)42-28(17)40;1-14-7-8-16(12-20)11-17(14)22-10-9-19-18(21)23-13-15-5-3-2-4-6-15/h3-12,18,24,29,41,49H,2,13-17,19-20H2,1H3,(H,37,48)(H,38,47)(H,45,46);3-7,13,17,22,33,40H,2,8-12,14,29H2,1H3,(H,30,39)(H,37,38);2-8,11-12H,9-10,13H2,1H3,(H,19,21)/t24-,29?;17-,22?;/m11./s1. The first-order valence-electron chi connectivity index (χ1n) is 37.2. The van der Waals surface area contributed by atoms with Crippen LogP contribution in [0.1, 0.15) is 109 Å². The summed E-state index contributed by atoms with van der Waals surface area (Å²) in [5, 5.41) is 71.4. The fourth-order valence-corrected chi connectivity index (χ4v) is 12.7. The van der Waals surface area contributed by atoms with E-state index in [4.69, 9.17) is 38.7 Å². The van der Waals surface area contributed by atoms with Crippen molar-refractivity contribution in [3.05, 3.63) is 207 Å². The van der Waals surface area contributed by atoms with Gasteiger partial charge in [-0.1, -0.05) is 109 Å². The van der Waals surface area contributed by atoms with Gasteiger partial charge < -0.3 is 100 Å². The highest BCUT2D eigenvalue weighted by Gasteiger charge is 2.44. The molecule has 117 heavy (non-hydrogen) atoms. The number of aromatic hydroxyl groups is 2. The van der Waals surface area contributed by atoms with E-state index < -0.39 is 109 Å². The zero-order chi connectivity index (χ0) is 84.4. The second kappa shape index (κ2) is 42.0. The number of fused-ring (bicyclic) bond motifs is 2. The number of hydrogen-bond donors (Lipinski definition) is 11. The number of aldehydes is 1. The molecule has 35 nitrogen and oxygen atoms in total. The van der Waals surface area contributed by atoms with Gasteiger partial charge in [-0.25, -0.2) is 28.8 Å². The highest BCUT2D eigenvalue weighted by molar-refractivity contribution is 6.47. The smallest absolute Gasteiger partial charge is 0.526 e. The Morgan fingerprint density at radius 2 is 0.949 bits per heavy atom. The molecule has 4 aliphatic heterocycles. The number of phenols is 2. The molecule has 0 aromatic heterocycles. The van der Waals surface area contributed by atoms with Gasteiger partial charge in [0.2, 0.25) is 0 Å². The summed E-state index contributed by atoms with van der Waals surface area (Å²) in [6.45, 7) is 6.86. The monoisotopic (exact) mass is 1610 g/mol. The van der Waals surface area contributed by atoms with Crippen molar-refractivity contribution in [3.8, 4) is 40.2 Å². The van der Waals surface area contributed by atoms with Crippen LogP contribution in [0.4, 0.5) is 19.2 Å². The summed E-state index contributed by atoms with van der Waals surface area (Å²) >= 11 is 0. The van der Waals surface area contributed by atoms with Gasteiger partial charge in [0.15, 0.2) is 34.6 Å². The number of amides is 10. The Labute approximate surface area is 671 Å². The molecular weight excluding hydrogens is 1520 g/mol. The molecule has 11 rings (SSSR count). The predicted octanol–water partition coefficient (Wildman–Crippen LogP) is 5.71. The summed E-state index contributed by atoms with van der Waals surface area (Å²) in [6, 6.07) is 35.8. The average Bonchev–Trinajstić information content (AvgIpc) is 0.792. The summed E-state index contributed by atoms with van der Waals surface area (Å²) in [6.07, 6.45) is -0.925. The number of hydrogen-bond acceptors (Lipinski definition) is 25. The van der Waals surface area contributed by atoms with Gasteiger partial charge in [-0.3, -0.25) is 43.4 Å². The fraction of sp³-hybridized carbons (Fsp3) is 0.312. The lowest BCUT2D eigenvalue weighted by Crippen LogP contribution is -2.58. The van der Waals surface area contributed by atoms with E-state index in [-0.39, 0.29) is 155 Å². The number of phenolic OH excluding ortho intramolecular Hbond substituents is 2. The van der Waals surface area contributed by atoms with E-state index in [0.717, 1.165) is 27.9 Å². The molecule has 2 saturated heterocycles. The van der Waals surface area contributed by atoms with Crippen molar-refractivity contribution in [2.75, 3.05) is 78.7 Å². The van der Waals surface area contributed by atoms with Gasteiger partial charge in [0.05, 0.1) is 24.2 Å². The molecule has 614 valence electrons. The number of urea groups is 2. The fourth-order valence-electron chi connectivity index (χ4n) is 12.7. The SMILES string of the molecule is CCN1CCN(C(=O)NC(C(=O)C[C@H]2Cc3cccc(C(=O)O)c3OB2O)c2ccc(O)c(OCCN)c2)C(=O)C1=O.CCN1CCN(C(=O)NC(C(=O)C[C@H]2Cc3cccc(C(=O)O)c3OB2O)c2ccc(O)c(OCCNC(=O)OCc3ccccc3)c2)C(=O)C1=O.Cc1ccc(C=O)cc1OCCNC(=O)OCc1ccccc1. The number of benzene rings is 7. The number of Topliss-reactive ketones (excluding diaryl/α,β-unsaturated/α-hetero) is 2. The van der Waals surface area contributed by atoms with Crippen molar-refractivity contribution >= 4 is 91.9 Å². The Kier molecular flexibility index (Phi) is 31.4. The summed E-state index contributed by atoms with van der Waals surface area (Å²) < 4.78 is 38.0. The molecule has 0 saturated carbocycles. The maximum atomic E-state index is 14.0. The van der Waals surface area contributed by atoms with Crippen LogP contribution in [0.15, 0.2) is 152 Å². The normalized spacial score (nSPS) is 15.3. The lowest BCUT2D eigenvalue weighted by atomic mass is 9.64. The second-order valence-corrected chi connectivity index (χ2v) is 26.8. The molecule has 4 aliphatic rings. The molecule has 0 aliphatic carbocycles. The van der Waals surface area contributed by atoms with Crippen LogP contribution in [0.25, 0.3) is 0 Å². The minimum Gasteiger partial charge on any atom is -0.535 e. The van der Waals surface area contributed by atoms with Crippen molar-refractivity contribution in [1.29, 1.82) is 0 Å². The first kappa shape index (κ1) is 87.4. The molecule has 37 heteroatoms. The van der Waals surface area contributed by atoms with Crippen molar-refractivity contribution in [1.82, 2.24) is 40.9 Å². The number of alkyl carbamates (subject to hydrolysis) is 2. The molecule has 2 unspecified atom stereocenters. The van der Waals surface area contributed by atoms with Crippen molar-refractivity contribution in [2.24, 2.45) is 5.73 Å². The number of piperazine rings is 2. The van der Waals surface area contributed by atoms with Gasteiger partial charge in [-0.05, 0) is 115 Å². The zero-order valence-corrected chi connectivity index (χ0v) is 63.9. The topological polar surface area (TPSA) is 495 Å². The van der Waals surface area contributed by atoms with Gasteiger partial charge in [-0.15, -0.1) is 0 Å². The Morgan fingerprint density at radius 3 is 1.35 bits per heavy atom. The molecule has 10 amide bonds. The summed E-state index contributed by atoms with van der Waals surface area (Å²) in [7, 11) is -3.09. The molecule has 12 N–H and O–H groups in total. The number of carbonyl (C=O) groups is 13. The number of aromatic carboxylic acids is 2. The maximum absolute atomic E-state index is 14.0. The van der Waals surface area contributed by atoms with E-state index >= 15 is 0 Å². The number of ether oxygens (including phenoxy) is 5. The molecule has 7 aromatic carbocycles. The van der Waals surface area contributed by atoms with Crippen LogP contribution in [-0.2, 0) is 64.3 Å². The number of nitrogens with one attached hydrogen (secondary N) is 4. The number of nitrogens with zero attached hydrogens (tertiary/aromatic N) is 4. The van der Waals surface area contributed by atoms with E-state index in [9.17, 15) is 92.8 Å². The Morgan fingerprint density at radius 1 is 0.530 bits per heavy atom. The van der Waals surface area contributed by atoms with Crippen LogP contribution >= 0.6 is 0 Å². The Hall–Kier alpha value is -13.5. The molecular formula is C80H87B2N9O26. The van der Waals surface area contributed by atoms with Crippen LogP contribution in [0, 0.1) is 6.92 Å². The van der Waals surface area contributed by atoms with E-state index in [1.807, 2.05) is 61.5 Å². The third kappa shape index (κ3) is 23.6. The molecule has 7 aromatic rings. The van der Waals surface area contributed by atoms with Gasteiger partial charge in [-0.2, -0.15) is 0 Å². The van der Waals surface area contributed by atoms with E-state index in [2.05, 4.69) is 21.3 Å². The third-order valence-electron chi connectivity index (χ3n) is 18.9. The Balaban J connectivity index is 0.000000215. The van der Waals surface area contributed by atoms with Gasteiger partial charge in [0, 0.05) is 75.9 Å². The van der Waals surface area contributed by atoms with Crippen LogP contribution in [0.3, 0.4) is 0 Å². The molecule has 0 bridgehead atoms. The lowest BCUT2D eigenvalue weighted by Gasteiger charge is -2.33. The number of aryl methyl sites for hydroxylation is 1. The average molecular weight is 1610 g/mol. The van der Waals surface area contributed by atoms with Gasteiger partial charge in [0.1, 0.15) is 68.7 Å². The number of rotatable bonds is 30. The minimum absolute atomic E-state index is 0.00368. The minimum atomic E-state index is -1.57. The van der Waals surface area contributed by atoms with Crippen LogP contribution < -0.4 is 50.5 Å². The predicted molar refractivity (Wildman–Crippen MR) is 416 cm³/mol. The third-order valence-corrected chi connectivity index (χ3v) is 18.9. The number of carboxylic acids is 2. The second-order valence-electron chi connectivity index (χ2n) is 26.8. The van der Waals surface area contributed by atoms with Crippen molar-refractivity contribution in [2.45, 2.75) is 83.4 Å². The van der Waals surface area contributed by atoms with Crippen molar-refractivity contribution in [3.63, 3.8) is 0 Å². The first-order chi connectivity index (χ1) is 56.2. The molecule has 2 fully saturated rings. The van der Waals surface area contributed by atoms with E-state index in [0.29, 0.717) is 47.0 Å². The van der Waals surface area contributed by atoms with Crippen molar-refractivity contribution < 1.29 is 126 Å². The summed E-state index contributed by atoms with van der Waals surface area (Å²) in [5.74, 6) is -9.19. The Bertz CT molecular complexity index is 4790. The first-order valence-corrected chi connectivity index (χ1v) is 37.2. The molecule has 4 heterocycles. The van der Waals surface area contributed by atoms with Crippen LogP contribution in [0.2, 0.25) is 11.6 Å². The van der Waals surface area contributed by atoms with E-state index in [1.54, 1.807) is 50.2 Å². The number of likely N-dealkylation sites (N-methyl/N-ethyl adjacent to an activating group) is 2. The highest BCUT2D eigenvalue weighted by atomic mass is 16.6. The number of nitrogens with two attached hydrogens (primary N) is 1. The molecule has 0 spiro atoms. The number of ketones is 2. The van der Waals surface area contributed by atoms with Gasteiger partial charge in [0.25, 0.3) is 0 Å².